The van der Waals surface area contributed by atoms with Crippen LogP contribution in [0.2, 0.25) is 5.02 Å². The highest BCUT2D eigenvalue weighted by atomic mass is 35.5. The van der Waals surface area contributed by atoms with E-state index in [1.165, 1.54) is 17.4 Å². The van der Waals surface area contributed by atoms with Crippen LogP contribution in [-0.2, 0) is 16.6 Å². The topological polar surface area (TPSA) is 49.4 Å². The molecule has 0 aliphatic rings. The van der Waals surface area contributed by atoms with Gasteiger partial charge in [-0.3, -0.25) is 0 Å². The lowest BCUT2D eigenvalue weighted by Crippen LogP contribution is -2.28. The molecule has 0 aliphatic heterocycles. The van der Waals surface area contributed by atoms with Gasteiger partial charge < -0.3 is 5.32 Å². The molecule has 0 fully saturated rings. The molecular weight excluding hydrogens is 308 g/mol. The Balaban J connectivity index is 2.99. The first-order valence-electron chi connectivity index (χ1n) is 6.77. The van der Waals surface area contributed by atoms with Gasteiger partial charge in [0.2, 0.25) is 10.0 Å². The van der Waals surface area contributed by atoms with E-state index in [-0.39, 0.29) is 11.4 Å². The molecular formula is C15H23ClN2O2S. The number of rotatable bonds is 7. The Kier molecular flexibility index (Phi) is 6.41. The molecule has 6 heteroatoms. The largest absolute Gasteiger partial charge is 0.310 e. The molecule has 0 bridgehead atoms. The number of nitrogens with one attached hydrogen (secondary N) is 1. The fourth-order valence-corrected chi connectivity index (χ4v) is 3.36. The molecule has 0 unspecified atom stereocenters. The van der Waals surface area contributed by atoms with Crippen LogP contribution in [0.1, 0.15) is 26.3 Å². The molecule has 1 rings (SSSR count). The predicted molar refractivity (Wildman–Crippen MR) is 88.1 cm³/mol. The van der Waals surface area contributed by atoms with Crippen molar-refractivity contribution in [1.82, 2.24) is 9.62 Å². The fraction of sp³-hybridized carbons (Fsp3) is 0.467. The Morgan fingerprint density at radius 3 is 2.52 bits per heavy atom. The van der Waals surface area contributed by atoms with E-state index in [2.05, 4.69) is 11.9 Å². The van der Waals surface area contributed by atoms with Gasteiger partial charge in [0, 0.05) is 31.2 Å². The standard InChI is InChI=1S/C15H23ClN2O2S/c1-11(2)10-18(5)21(19,20)14-7-6-13(15(16)8-14)9-17-12(3)4/h6-8,12,17H,1,9-10H2,2-5H3. The van der Waals surface area contributed by atoms with Crippen LogP contribution in [-0.4, -0.2) is 32.4 Å². The van der Waals surface area contributed by atoms with E-state index in [1.54, 1.807) is 19.1 Å². The number of halogens is 1. The molecule has 4 nitrogen and oxygen atoms in total. The Bertz CT molecular complexity index is 612. The lowest BCUT2D eigenvalue weighted by Gasteiger charge is -2.18. The summed E-state index contributed by atoms with van der Waals surface area (Å²) in [5.41, 5.74) is 1.66. The molecule has 0 aromatic heterocycles. The number of likely N-dealkylation sites (N-methyl/N-ethyl adjacent to an activating group) is 1. The average Bonchev–Trinajstić information content (AvgIpc) is 2.36. The number of hydrogen-bond donors (Lipinski definition) is 1. The lowest BCUT2D eigenvalue weighted by molar-refractivity contribution is 0.493. The molecule has 0 radical (unpaired) electrons. The first kappa shape index (κ1) is 18.2. The number of hydrogen-bond acceptors (Lipinski definition) is 3. The van der Waals surface area contributed by atoms with Crippen molar-refractivity contribution in [2.24, 2.45) is 0 Å². The van der Waals surface area contributed by atoms with Crippen LogP contribution < -0.4 is 5.32 Å². The highest BCUT2D eigenvalue weighted by Crippen LogP contribution is 2.23. The Morgan fingerprint density at radius 1 is 1.43 bits per heavy atom. The molecule has 0 saturated carbocycles. The Labute approximate surface area is 132 Å². The van der Waals surface area contributed by atoms with E-state index in [9.17, 15) is 8.42 Å². The zero-order valence-electron chi connectivity index (χ0n) is 13.0. The van der Waals surface area contributed by atoms with Crippen molar-refractivity contribution in [1.29, 1.82) is 0 Å². The van der Waals surface area contributed by atoms with E-state index in [0.717, 1.165) is 11.1 Å². The minimum absolute atomic E-state index is 0.199. The SMILES string of the molecule is C=C(C)CN(C)S(=O)(=O)c1ccc(CNC(C)C)c(Cl)c1. The van der Waals surface area contributed by atoms with Crippen LogP contribution in [0.25, 0.3) is 0 Å². The summed E-state index contributed by atoms with van der Waals surface area (Å²) >= 11 is 6.19. The number of nitrogens with zero attached hydrogens (tertiary/aromatic N) is 1. The van der Waals surface area contributed by atoms with Crippen LogP contribution in [0.5, 0.6) is 0 Å². The molecule has 1 aromatic carbocycles. The van der Waals surface area contributed by atoms with Gasteiger partial charge in [-0.15, -0.1) is 0 Å². The van der Waals surface area contributed by atoms with E-state index < -0.39 is 10.0 Å². The second kappa shape index (κ2) is 7.40. The summed E-state index contributed by atoms with van der Waals surface area (Å²) in [6.45, 7) is 10.5. The zero-order chi connectivity index (χ0) is 16.2. The number of benzene rings is 1. The Morgan fingerprint density at radius 2 is 2.05 bits per heavy atom. The molecule has 1 aromatic rings. The van der Waals surface area contributed by atoms with E-state index >= 15 is 0 Å². The van der Waals surface area contributed by atoms with Crippen molar-refractivity contribution in [2.75, 3.05) is 13.6 Å². The normalized spacial score (nSPS) is 12.1. The van der Waals surface area contributed by atoms with Crippen molar-refractivity contribution < 1.29 is 8.42 Å². The van der Waals surface area contributed by atoms with Gasteiger partial charge in [-0.1, -0.05) is 43.7 Å². The zero-order valence-corrected chi connectivity index (χ0v) is 14.6. The Hall–Kier alpha value is -0.880. The molecule has 0 saturated heterocycles. The summed E-state index contributed by atoms with van der Waals surface area (Å²) < 4.78 is 26.1. The molecule has 1 N–H and O–H groups in total. The molecule has 0 heterocycles. The van der Waals surface area contributed by atoms with Crippen molar-refractivity contribution in [3.05, 3.63) is 40.9 Å². The monoisotopic (exact) mass is 330 g/mol. The fourth-order valence-electron chi connectivity index (χ4n) is 1.79. The third kappa shape index (κ3) is 5.11. The maximum absolute atomic E-state index is 12.4. The highest BCUT2D eigenvalue weighted by molar-refractivity contribution is 7.89. The van der Waals surface area contributed by atoms with Gasteiger partial charge in [0.25, 0.3) is 0 Å². The molecule has 0 spiro atoms. The maximum Gasteiger partial charge on any atom is 0.243 e. The van der Waals surface area contributed by atoms with Crippen LogP contribution in [0.15, 0.2) is 35.2 Å². The first-order valence-corrected chi connectivity index (χ1v) is 8.59. The molecule has 0 aliphatic carbocycles. The molecule has 21 heavy (non-hydrogen) atoms. The van der Waals surface area contributed by atoms with Crippen molar-refractivity contribution in [3.63, 3.8) is 0 Å². The predicted octanol–water partition coefficient (Wildman–Crippen LogP) is 3.03. The van der Waals surface area contributed by atoms with Crippen molar-refractivity contribution >= 4 is 21.6 Å². The number of sulfonamides is 1. The van der Waals surface area contributed by atoms with Crippen molar-refractivity contribution in [2.45, 2.75) is 38.3 Å². The second-order valence-corrected chi connectivity index (χ2v) is 7.96. The van der Waals surface area contributed by atoms with Gasteiger partial charge in [0.05, 0.1) is 4.90 Å². The second-order valence-electron chi connectivity index (χ2n) is 5.51. The van der Waals surface area contributed by atoms with Gasteiger partial charge in [-0.2, -0.15) is 4.31 Å². The average molecular weight is 331 g/mol. The van der Waals surface area contributed by atoms with Crippen LogP contribution in [0.4, 0.5) is 0 Å². The van der Waals surface area contributed by atoms with E-state index in [1.807, 2.05) is 13.8 Å². The highest BCUT2D eigenvalue weighted by Gasteiger charge is 2.21. The quantitative estimate of drug-likeness (QED) is 0.782. The third-order valence-corrected chi connectivity index (χ3v) is 5.08. The third-order valence-electron chi connectivity index (χ3n) is 2.93. The van der Waals surface area contributed by atoms with Gasteiger partial charge in [-0.25, -0.2) is 8.42 Å². The summed E-state index contributed by atoms with van der Waals surface area (Å²) in [5.74, 6) is 0. The molecule has 0 atom stereocenters. The minimum Gasteiger partial charge on any atom is -0.310 e. The molecule has 118 valence electrons. The van der Waals surface area contributed by atoms with Crippen molar-refractivity contribution in [3.8, 4) is 0 Å². The van der Waals surface area contributed by atoms with Crippen LogP contribution in [0.3, 0.4) is 0 Å². The van der Waals surface area contributed by atoms with Gasteiger partial charge in [0.1, 0.15) is 0 Å². The summed E-state index contributed by atoms with van der Waals surface area (Å²) in [7, 11) is -2.00. The summed E-state index contributed by atoms with van der Waals surface area (Å²) in [4.78, 5) is 0.199. The molecule has 0 amide bonds. The summed E-state index contributed by atoms with van der Waals surface area (Å²) in [6, 6.07) is 5.18. The van der Waals surface area contributed by atoms with Crippen LogP contribution >= 0.6 is 11.6 Å². The summed E-state index contributed by atoms with van der Waals surface area (Å²) in [5, 5.41) is 3.71. The lowest BCUT2D eigenvalue weighted by atomic mass is 10.2. The van der Waals surface area contributed by atoms with E-state index in [4.69, 9.17) is 11.6 Å². The van der Waals surface area contributed by atoms with Gasteiger partial charge in [-0.05, 0) is 24.6 Å². The van der Waals surface area contributed by atoms with Gasteiger partial charge in [0.15, 0.2) is 0 Å². The van der Waals surface area contributed by atoms with Gasteiger partial charge >= 0.3 is 0 Å². The summed E-state index contributed by atoms with van der Waals surface area (Å²) in [6.07, 6.45) is 0. The first-order chi connectivity index (χ1) is 9.64. The maximum atomic E-state index is 12.4. The van der Waals surface area contributed by atoms with Crippen LogP contribution in [0, 0.1) is 0 Å². The minimum atomic E-state index is -3.54. The smallest absolute Gasteiger partial charge is 0.243 e. The van der Waals surface area contributed by atoms with E-state index in [0.29, 0.717) is 17.6 Å².